The Morgan fingerprint density at radius 3 is 2.88 bits per heavy atom. The Morgan fingerprint density at radius 1 is 1.47 bits per heavy atom. The lowest BCUT2D eigenvalue weighted by Crippen LogP contribution is -2.27. The van der Waals surface area contributed by atoms with Gasteiger partial charge in [0.2, 0.25) is 9.47 Å². The van der Waals surface area contributed by atoms with Crippen LogP contribution in [-0.2, 0) is 0 Å². The summed E-state index contributed by atoms with van der Waals surface area (Å²) < 4.78 is 0.251. The molecule has 0 aromatic carbocycles. The molecule has 2 aromatic rings. The summed E-state index contributed by atoms with van der Waals surface area (Å²) in [5, 5.41) is 10.3. The SMILES string of the molecule is CC(NC(=O)c1nnc(Cl)s1)c1ccccn1. The molecule has 2 heterocycles. The summed E-state index contributed by atoms with van der Waals surface area (Å²) in [5.41, 5.74) is 0.788. The number of hydrogen-bond acceptors (Lipinski definition) is 5. The molecule has 0 bridgehead atoms. The van der Waals surface area contributed by atoms with E-state index in [1.807, 2.05) is 25.1 Å². The van der Waals surface area contributed by atoms with Gasteiger partial charge in [-0.25, -0.2) is 0 Å². The predicted molar refractivity (Wildman–Crippen MR) is 65.0 cm³/mol. The molecule has 88 valence electrons. The molecule has 0 saturated carbocycles. The highest BCUT2D eigenvalue weighted by Gasteiger charge is 2.15. The van der Waals surface area contributed by atoms with Crippen LogP contribution in [-0.4, -0.2) is 21.1 Å². The van der Waals surface area contributed by atoms with Crippen molar-refractivity contribution in [2.75, 3.05) is 0 Å². The van der Waals surface area contributed by atoms with E-state index in [1.165, 1.54) is 0 Å². The van der Waals surface area contributed by atoms with E-state index >= 15 is 0 Å². The highest BCUT2D eigenvalue weighted by atomic mass is 35.5. The Labute approximate surface area is 107 Å². The van der Waals surface area contributed by atoms with Crippen molar-refractivity contribution in [3.8, 4) is 0 Å². The van der Waals surface area contributed by atoms with Gasteiger partial charge >= 0.3 is 0 Å². The van der Waals surface area contributed by atoms with Crippen molar-refractivity contribution in [3.63, 3.8) is 0 Å². The zero-order valence-corrected chi connectivity index (χ0v) is 10.5. The van der Waals surface area contributed by atoms with E-state index in [0.717, 1.165) is 17.0 Å². The Kier molecular flexibility index (Phi) is 3.65. The maximum Gasteiger partial charge on any atom is 0.282 e. The molecule has 0 spiro atoms. The summed E-state index contributed by atoms with van der Waals surface area (Å²) in [5.74, 6) is -0.299. The minimum Gasteiger partial charge on any atom is -0.342 e. The number of amides is 1. The van der Waals surface area contributed by atoms with Crippen molar-refractivity contribution in [2.45, 2.75) is 13.0 Å². The van der Waals surface area contributed by atoms with Gasteiger partial charge < -0.3 is 5.32 Å². The van der Waals surface area contributed by atoms with Crippen LogP contribution in [0.5, 0.6) is 0 Å². The Morgan fingerprint density at radius 2 is 2.29 bits per heavy atom. The molecule has 0 aliphatic heterocycles. The predicted octanol–water partition coefficient (Wildman–Crippen LogP) is 2.08. The molecular formula is C10H9ClN4OS. The van der Waals surface area contributed by atoms with Gasteiger partial charge in [0, 0.05) is 6.20 Å². The lowest BCUT2D eigenvalue weighted by molar-refractivity contribution is 0.0938. The molecule has 1 atom stereocenters. The van der Waals surface area contributed by atoms with Crippen molar-refractivity contribution >= 4 is 28.8 Å². The van der Waals surface area contributed by atoms with Crippen LogP contribution < -0.4 is 5.32 Å². The average molecular weight is 269 g/mol. The van der Waals surface area contributed by atoms with E-state index < -0.39 is 0 Å². The maximum atomic E-state index is 11.8. The van der Waals surface area contributed by atoms with Gasteiger partial charge in [-0.15, -0.1) is 10.2 Å². The number of pyridine rings is 1. The van der Waals surface area contributed by atoms with Crippen LogP contribution in [0.25, 0.3) is 0 Å². The Hall–Kier alpha value is -1.53. The number of nitrogens with one attached hydrogen (secondary N) is 1. The van der Waals surface area contributed by atoms with Crippen molar-refractivity contribution in [2.24, 2.45) is 0 Å². The number of nitrogens with zero attached hydrogens (tertiary/aromatic N) is 3. The van der Waals surface area contributed by atoms with Crippen LogP contribution >= 0.6 is 22.9 Å². The standard InChI is InChI=1S/C10H9ClN4OS/c1-6(7-4-2-3-5-12-7)13-8(16)9-14-15-10(11)17-9/h2-6H,1H3,(H,13,16). The molecule has 0 aliphatic carbocycles. The highest BCUT2D eigenvalue weighted by Crippen LogP contribution is 2.16. The number of rotatable bonds is 3. The zero-order chi connectivity index (χ0) is 12.3. The third-order valence-electron chi connectivity index (χ3n) is 2.07. The molecule has 0 fully saturated rings. The first kappa shape index (κ1) is 11.9. The van der Waals surface area contributed by atoms with E-state index in [-0.39, 0.29) is 21.4 Å². The highest BCUT2D eigenvalue weighted by molar-refractivity contribution is 7.17. The van der Waals surface area contributed by atoms with Gasteiger partial charge in [-0.3, -0.25) is 9.78 Å². The topological polar surface area (TPSA) is 67.8 Å². The summed E-state index contributed by atoms with van der Waals surface area (Å²) in [4.78, 5) is 15.9. The number of halogens is 1. The summed E-state index contributed by atoms with van der Waals surface area (Å²) in [6.45, 7) is 1.85. The maximum absolute atomic E-state index is 11.8. The zero-order valence-electron chi connectivity index (χ0n) is 8.92. The lowest BCUT2D eigenvalue weighted by Gasteiger charge is -2.11. The van der Waals surface area contributed by atoms with Gasteiger partial charge in [0.25, 0.3) is 5.91 Å². The van der Waals surface area contributed by atoms with Crippen molar-refractivity contribution in [1.29, 1.82) is 0 Å². The molecule has 1 N–H and O–H groups in total. The van der Waals surface area contributed by atoms with Gasteiger partial charge in [0.15, 0.2) is 0 Å². The fraction of sp³-hybridized carbons (Fsp3) is 0.200. The van der Waals surface area contributed by atoms with Crippen LogP contribution in [0.2, 0.25) is 4.47 Å². The molecule has 2 aromatic heterocycles. The van der Waals surface area contributed by atoms with Gasteiger partial charge in [0.05, 0.1) is 11.7 Å². The smallest absolute Gasteiger partial charge is 0.282 e. The van der Waals surface area contributed by atoms with Crippen LogP contribution in [0, 0.1) is 0 Å². The molecule has 5 nitrogen and oxygen atoms in total. The van der Waals surface area contributed by atoms with E-state index in [2.05, 4.69) is 20.5 Å². The summed E-state index contributed by atoms with van der Waals surface area (Å²) in [6.07, 6.45) is 1.68. The minimum absolute atomic E-state index is 0.189. The fourth-order valence-corrected chi connectivity index (χ4v) is 1.99. The Balaban J connectivity index is 2.04. The minimum atomic E-state index is -0.299. The van der Waals surface area contributed by atoms with Crippen LogP contribution in [0.3, 0.4) is 0 Å². The monoisotopic (exact) mass is 268 g/mol. The van der Waals surface area contributed by atoms with Crippen molar-refractivity contribution in [1.82, 2.24) is 20.5 Å². The Bertz CT molecular complexity index is 516. The third-order valence-corrected chi connectivity index (χ3v) is 3.09. The summed E-state index contributed by atoms with van der Waals surface area (Å²) in [6, 6.07) is 5.35. The lowest BCUT2D eigenvalue weighted by atomic mass is 10.2. The fourth-order valence-electron chi connectivity index (χ4n) is 1.26. The first-order valence-electron chi connectivity index (χ1n) is 4.87. The second-order valence-electron chi connectivity index (χ2n) is 3.31. The summed E-state index contributed by atoms with van der Waals surface area (Å²) in [7, 11) is 0. The number of aromatic nitrogens is 3. The van der Waals surface area contributed by atoms with Crippen LogP contribution in [0.1, 0.15) is 28.5 Å². The van der Waals surface area contributed by atoms with Gasteiger partial charge in [0.1, 0.15) is 0 Å². The van der Waals surface area contributed by atoms with Gasteiger partial charge in [-0.05, 0) is 30.7 Å². The first-order chi connectivity index (χ1) is 8.16. The molecule has 0 radical (unpaired) electrons. The second-order valence-corrected chi connectivity index (χ2v) is 4.87. The number of carbonyl (C=O) groups is 1. The quantitative estimate of drug-likeness (QED) is 0.925. The van der Waals surface area contributed by atoms with Gasteiger partial charge in [-0.1, -0.05) is 17.4 Å². The molecule has 2 rings (SSSR count). The molecule has 0 aliphatic rings. The number of hydrogen-bond donors (Lipinski definition) is 1. The van der Waals surface area contributed by atoms with E-state index in [1.54, 1.807) is 6.20 Å². The van der Waals surface area contributed by atoms with Crippen molar-refractivity contribution < 1.29 is 4.79 Å². The molecule has 17 heavy (non-hydrogen) atoms. The van der Waals surface area contributed by atoms with Crippen LogP contribution in [0.4, 0.5) is 0 Å². The number of carbonyl (C=O) groups excluding carboxylic acids is 1. The average Bonchev–Trinajstić information content (AvgIpc) is 2.77. The third kappa shape index (κ3) is 2.98. The molecule has 1 unspecified atom stereocenters. The molecular weight excluding hydrogens is 260 g/mol. The van der Waals surface area contributed by atoms with Gasteiger partial charge in [-0.2, -0.15) is 0 Å². The molecule has 1 amide bonds. The van der Waals surface area contributed by atoms with E-state index in [0.29, 0.717) is 0 Å². The van der Waals surface area contributed by atoms with E-state index in [9.17, 15) is 4.79 Å². The van der Waals surface area contributed by atoms with Crippen LogP contribution in [0.15, 0.2) is 24.4 Å². The van der Waals surface area contributed by atoms with Crippen molar-refractivity contribution in [3.05, 3.63) is 39.6 Å². The first-order valence-corrected chi connectivity index (χ1v) is 6.07. The largest absolute Gasteiger partial charge is 0.342 e. The normalized spacial score (nSPS) is 12.1. The second kappa shape index (κ2) is 5.20. The van der Waals surface area contributed by atoms with E-state index in [4.69, 9.17) is 11.6 Å². The molecule has 0 saturated heterocycles. The summed E-state index contributed by atoms with van der Waals surface area (Å²) >= 11 is 6.65. The molecule has 7 heteroatoms.